The summed E-state index contributed by atoms with van der Waals surface area (Å²) in [7, 11) is 0. The van der Waals surface area contributed by atoms with Crippen molar-refractivity contribution in [1.82, 2.24) is 15.5 Å². The summed E-state index contributed by atoms with van der Waals surface area (Å²) < 4.78 is 19.1. The average molecular weight is 377 g/mol. The molecule has 0 radical (unpaired) electrons. The molecule has 1 heterocycles. The predicted octanol–water partition coefficient (Wildman–Crippen LogP) is 3.51. The van der Waals surface area contributed by atoms with E-state index in [9.17, 15) is 14.0 Å². The molecule has 1 aromatic rings. The quantitative estimate of drug-likeness (QED) is 0.829. The van der Waals surface area contributed by atoms with Crippen LogP contribution < -0.4 is 10.6 Å². The average Bonchev–Trinajstić information content (AvgIpc) is 2.98. The summed E-state index contributed by atoms with van der Waals surface area (Å²) in [6, 6.07) is 4.77. The third-order valence-corrected chi connectivity index (χ3v) is 5.01. The number of nitrogens with zero attached hydrogens (tertiary/aromatic N) is 1. The first-order valence-corrected chi connectivity index (χ1v) is 9.55. The lowest BCUT2D eigenvalue weighted by atomic mass is 10.1. The number of hydrogen-bond acceptors (Lipinski definition) is 3. The van der Waals surface area contributed by atoms with Gasteiger partial charge in [0.2, 0.25) is 0 Å². The molecule has 0 bridgehead atoms. The van der Waals surface area contributed by atoms with Crippen LogP contribution >= 0.6 is 0 Å². The molecule has 0 saturated carbocycles. The molecule has 0 spiro atoms. The van der Waals surface area contributed by atoms with Gasteiger partial charge in [0.05, 0.1) is 6.04 Å². The van der Waals surface area contributed by atoms with Crippen molar-refractivity contribution in [3.8, 4) is 0 Å². The second kappa shape index (κ2) is 7.74. The molecule has 27 heavy (non-hydrogen) atoms. The maximum Gasteiger partial charge on any atom is 0.407 e. The van der Waals surface area contributed by atoms with Gasteiger partial charge >= 0.3 is 12.1 Å². The molecule has 7 heteroatoms. The van der Waals surface area contributed by atoms with Gasteiger partial charge in [-0.1, -0.05) is 12.1 Å². The molecule has 1 aromatic carbocycles. The predicted molar refractivity (Wildman–Crippen MR) is 100.0 cm³/mol. The SMILES string of the molecule is CC(C)(C)OC(=O)NC1CCN(C(=O)NC2CCc3c(F)cccc32)CC1. The van der Waals surface area contributed by atoms with Gasteiger partial charge in [0, 0.05) is 19.1 Å². The van der Waals surface area contributed by atoms with E-state index >= 15 is 0 Å². The number of hydrogen-bond donors (Lipinski definition) is 2. The Labute approximate surface area is 159 Å². The Balaban J connectivity index is 1.47. The number of ether oxygens (including phenoxy) is 1. The molecule has 1 saturated heterocycles. The minimum atomic E-state index is -0.526. The highest BCUT2D eigenvalue weighted by molar-refractivity contribution is 5.75. The van der Waals surface area contributed by atoms with E-state index in [4.69, 9.17) is 4.74 Å². The number of fused-ring (bicyclic) bond motifs is 1. The zero-order valence-corrected chi connectivity index (χ0v) is 16.2. The molecule has 6 nitrogen and oxygen atoms in total. The summed E-state index contributed by atoms with van der Waals surface area (Å²) in [6.45, 7) is 6.61. The molecule has 1 atom stereocenters. The van der Waals surface area contributed by atoms with Gasteiger partial charge in [0.25, 0.3) is 0 Å². The molecule has 1 aliphatic carbocycles. The second-order valence-corrected chi connectivity index (χ2v) is 8.26. The number of piperidine rings is 1. The number of carbonyl (C=O) groups is 2. The van der Waals surface area contributed by atoms with Crippen LogP contribution in [0.5, 0.6) is 0 Å². The van der Waals surface area contributed by atoms with E-state index in [0.717, 1.165) is 12.0 Å². The fourth-order valence-corrected chi connectivity index (χ4v) is 3.70. The zero-order chi connectivity index (χ0) is 19.6. The van der Waals surface area contributed by atoms with Crippen molar-refractivity contribution in [1.29, 1.82) is 0 Å². The molecule has 1 fully saturated rings. The van der Waals surface area contributed by atoms with E-state index in [1.807, 2.05) is 26.8 Å². The Bertz CT molecular complexity index is 709. The van der Waals surface area contributed by atoms with Crippen molar-refractivity contribution in [2.75, 3.05) is 13.1 Å². The van der Waals surface area contributed by atoms with Gasteiger partial charge in [-0.05, 0) is 63.6 Å². The number of urea groups is 1. The Kier molecular flexibility index (Phi) is 5.58. The van der Waals surface area contributed by atoms with E-state index in [1.54, 1.807) is 11.0 Å². The fourth-order valence-electron chi connectivity index (χ4n) is 3.70. The second-order valence-electron chi connectivity index (χ2n) is 8.26. The summed E-state index contributed by atoms with van der Waals surface area (Å²) in [6.07, 6.45) is 2.31. The largest absolute Gasteiger partial charge is 0.444 e. The molecule has 148 valence electrons. The Hall–Kier alpha value is -2.31. The maximum absolute atomic E-state index is 13.8. The van der Waals surface area contributed by atoms with Crippen LogP contribution in [0.2, 0.25) is 0 Å². The van der Waals surface area contributed by atoms with E-state index in [0.29, 0.717) is 37.9 Å². The topological polar surface area (TPSA) is 70.7 Å². The van der Waals surface area contributed by atoms with E-state index in [2.05, 4.69) is 10.6 Å². The van der Waals surface area contributed by atoms with Gasteiger partial charge < -0.3 is 20.3 Å². The zero-order valence-electron chi connectivity index (χ0n) is 16.2. The van der Waals surface area contributed by atoms with Crippen molar-refractivity contribution in [2.24, 2.45) is 0 Å². The number of benzene rings is 1. The monoisotopic (exact) mass is 377 g/mol. The third kappa shape index (κ3) is 4.90. The van der Waals surface area contributed by atoms with Crippen LogP contribution in [0.15, 0.2) is 18.2 Å². The highest BCUT2D eigenvalue weighted by Gasteiger charge is 2.30. The molecule has 1 unspecified atom stereocenters. The van der Waals surface area contributed by atoms with Crippen molar-refractivity contribution in [3.63, 3.8) is 0 Å². The minimum absolute atomic E-state index is 0.00482. The molecule has 0 aromatic heterocycles. The first-order valence-electron chi connectivity index (χ1n) is 9.55. The Morgan fingerprint density at radius 1 is 1.15 bits per heavy atom. The number of alkyl carbamates (subject to hydrolysis) is 1. The molecule has 3 amide bonds. The Morgan fingerprint density at radius 3 is 2.52 bits per heavy atom. The van der Waals surface area contributed by atoms with Crippen molar-refractivity contribution in [2.45, 2.75) is 64.1 Å². The highest BCUT2D eigenvalue weighted by Crippen LogP contribution is 2.32. The van der Waals surface area contributed by atoms with E-state index in [1.165, 1.54) is 6.07 Å². The molecule has 2 aliphatic rings. The summed E-state index contributed by atoms with van der Waals surface area (Å²) in [5.41, 5.74) is 1.06. The maximum atomic E-state index is 13.8. The van der Waals surface area contributed by atoms with Gasteiger partial charge in [-0.3, -0.25) is 0 Å². The van der Waals surface area contributed by atoms with E-state index < -0.39 is 11.7 Å². The number of amides is 3. The minimum Gasteiger partial charge on any atom is -0.444 e. The van der Waals surface area contributed by atoms with Crippen LogP contribution in [-0.2, 0) is 11.2 Å². The smallest absolute Gasteiger partial charge is 0.407 e. The normalized spacial score (nSPS) is 20.1. The van der Waals surface area contributed by atoms with Crippen molar-refractivity contribution in [3.05, 3.63) is 35.1 Å². The fraction of sp³-hybridized carbons (Fsp3) is 0.600. The summed E-state index contributed by atoms with van der Waals surface area (Å²) in [4.78, 5) is 26.2. The van der Waals surface area contributed by atoms with Crippen LogP contribution in [0.1, 0.15) is 57.2 Å². The standard InChI is InChI=1S/C20H28FN3O3/c1-20(2,3)27-19(26)22-13-9-11-24(12-10-13)18(25)23-17-8-7-14-15(17)5-4-6-16(14)21/h4-6,13,17H,7-12H2,1-3H3,(H,22,26)(H,23,25). The van der Waals surface area contributed by atoms with Gasteiger partial charge in [-0.25, -0.2) is 14.0 Å². The first kappa shape index (κ1) is 19.5. The molecule has 3 rings (SSSR count). The lowest BCUT2D eigenvalue weighted by molar-refractivity contribution is 0.0485. The Morgan fingerprint density at radius 2 is 1.85 bits per heavy atom. The van der Waals surface area contributed by atoms with Crippen LogP contribution in [0, 0.1) is 5.82 Å². The summed E-state index contributed by atoms with van der Waals surface area (Å²) in [5, 5.41) is 5.89. The van der Waals surface area contributed by atoms with Gasteiger partial charge in [-0.2, -0.15) is 0 Å². The highest BCUT2D eigenvalue weighted by atomic mass is 19.1. The van der Waals surface area contributed by atoms with E-state index in [-0.39, 0.29) is 23.9 Å². The van der Waals surface area contributed by atoms with Crippen LogP contribution in [0.4, 0.5) is 14.0 Å². The third-order valence-electron chi connectivity index (χ3n) is 5.01. The summed E-state index contributed by atoms with van der Waals surface area (Å²) >= 11 is 0. The lowest BCUT2D eigenvalue weighted by Gasteiger charge is -2.33. The van der Waals surface area contributed by atoms with Gasteiger partial charge in [0.15, 0.2) is 0 Å². The number of carbonyl (C=O) groups excluding carboxylic acids is 2. The number of rotatable bonds is 2. The van der Waals surface area contributed by atoms with Crippen LogP contribution in [0.25, 0.3) is 0 Å². The number of nitrogens with one attached hydrogen (secondary N) is 2. The number of likely N-dealkylation sites (tertiary alicyclic amines) is 1. The van der Waals surface area contributed by atoms with Gasteiger partial charge in [0.1, 0.15) is 11.4 Å². The first-order chi connectivity index (χ1) is 12.7. The molecule has 2 N–H and O–H groups in total. The number of halogens is 1. The van der Waals surface area contributed by atoms with Crippen molar-refractivity contribution >= 4 is 12.1 Å². The van der Waals surface area contributed by atoms with Gasteiger partial charge in [-0.15, -0.1) is 0 Å². The molecule has 1 aliphatic heterocycles. The lowest BCUT2D eigenvalue weighted by Crippen LogP contribution is -2.50. The molecular weight excluding hydrogens is 349 g/mol. The van der Waals surface area contributed by atoms with Crippen LogP contribution in [0.3, 0.4) is 0 Å². The summed E-state index contributed by atoms with van der Waals surface area (Å²) in [5.74, 6) is -0.196. The van der Waals surface area contributed by atoms with Crippen molar-refractivity contribution < 1.29 is 18.7 Å². The van der Waals surface area contributed by atoms with Crippen LogP contribution in [-0.4, -0.2) is 41.8 Å². The molecular formula is C20H28FN3O3.